The molecule has 6 heteroatoms. The summed E-state index contributed by atoms with van der Waals surface area (Å²) in [7, 11) is 3.56. The Hall–Kier alpha value is -2.50. The van der Waals surface area contributed by atoms with Crippen molar-refractivity contribution in [1.29, 1.82) is 0 Å². The van der Waals surface area contributed by atoms with Gasteiger partial charge in [-0.15, -0.1) is 0 Å². The van der Waals surface area contributed by atoms with E-state index in [0.717, 1.165) is 41.1 Å². The van der Waals surface area contributed by atoms with Crippen LogP contribution in [0.25, 0.3) is 16.9 Å². The van der Waals surface area contributed by atoms with E-state index in [1.54, 1.807) is 7.11 Å². The third kappa shape index (κ3) is 2.03. The van der Waals surface area contributed by atoms with Gasteiger partial charge in [0.05, 0.1) is 18.5 Å². The Bertz CT molecular complexity index is 787. The average molecular weight is 285 g/mol. The molecule has 0 saturated heterocycles. The van der Waals surface area contributed by atoms with E-state index in [2.05, 4.69) is 17.0 Å². The van der Waals surface area contributed by atoms with Gasteiger partial charge in [-0.05, 0) is 18.6 Å². The van der Waals surface area contributed by atoms with Crippen molar-refractivity contribution in [3.63, 3.8) is 0 Å². The summed E-state index contributed by atoms with van der Waals surface area (Å²) in [6.45, 7) is 2.13. The van der Waals surface area contributed by atoms with Gasteiger partial charge in [0.25, 0.3) is 0 Å². The lowest BCUT2D eigenvalue weighted by atomic mass is 10.2. The van der Waals surface area contributed by atoms with Gasteiger partial charge in [-0.2, -0.15) is 5.10 Å². The molecule has 2 N–H and O–H groups in total. The number of hydrogen-bond acceptors (Lipinski definition) is 4. The normalized spacial score (nSPS) is 11.2. The van der Waals surface area contributed by atoms with Gasteiger partial charge < -0.3 is 10.5 Å². The van der Waals surface area contributed by atoms with Gasteiger partial charge in [0.2, 0.25) is 5.95 Å². The molecule has 0 spiro atoms. The first-order chi connectivity index (χ1) is 10.2. The molecule has 0 aliphatic rings. The molecule has 110 valence electrons. The number of nitrogens with zero attached hydrogens (tertiary/aromatic N) is 4. The molecule has 0 aliphatic heterocycles. The van der Waals surface area contributed by atoms with E-state index >= 15 is 0 Å². The molecular weight excluding hydrogens is 266 g/mol. The maximum absolute atomic E-state index is 6.14. The number of nitrogen functional groups attached to an aromatic ring is 1. The Morgan fingerprint density at radius 2 is 2.05 bits per heavy atom. The molecule has 2 aromatic heterocycles. The van der Waals surface area contributed by atoms with Crippen molar-refractivity contribution < 1.29 is 4.74 Å². The molecule has 0 amide bonds. The fourth-order valence-electron chi connectivity index (χ4n) is 2.65. The molecular formula is C15H19N5O. The van der Waals surface area contributed by atoms with Crippen molar-refractivity contribution in [1.82, 2.24) is 19.3 Å². The molecule has 0 atom stereocenters. The van der Waals surface area contributed by atoms with Crippen LogP contribution in [0, 0.1) is 0 Å². The predicted molar refractivity (Wildman–Crippen MR) is 82.8 cm³/mol. The van der Waals surface area contributed by atoms with Crippen LogP contribution in [-0.4, -0.2) is 26.4 Å². The zero-order valence-corrected chi connectivity index (χ0v) is 12.5. The van der Waals surface area contributed by atoms with Crippen LogP contribution in [0.3, 0.4) is 0 Å². The van der Waals surface area contributed by atoms with E-state index in [0.29, 0.717) is 5.95 Å². The third-order valence-corrected chi connectivity index (χ3v) is 3.54. The zero-order valence-electron chi connectivity index (χ0n) is 12.5. The van der Waals surface area contributed by atoms with Crippen molar-refractivity contribution in [2.45, 2.75) is 19.8 Å². The highest BCUT2D eigenvalue weighted by atomic mass is 16.5. The van der Waals surface area contributed by atoms with Crippen LogP contribution in [0.5, 0.6) is 5.75 Å². The first kappa shape index (κ1) is 13.5. The first-order valence-corrected chi connectivity index (χ1v) is 7.00. The number of nitrogens with two attached hydrogens (primary N) is 1. The molecule has 3 rings (SSSR count). The number of hydrogen-bond donors (Lipinski definition) is 1. The second kappa shape index (κ2) is 5.12. The number of aryl methyl sites for hydroxylation is 2. The summed E-state index contributed by atoms with van der Waals surface area (Å²) in [6, 6.07) is 7.75. The van der Waals surface area contributed by atoms with Crippen LogP contribution in [0.1, 0.15) is 19.0 Å². The van der Waals surface area contributed by atoms with E-state index < -0.39 is 0 Å². The lowest BCUT2D eigenvalue weighted by molar-refractivity contribution is 0.413. The maximum atomic E-state index is 6.14. The third-order valence-electron chi connectivity index (χ3n) is 3.54. The monoisotopic (exact) mass is 285 g/mol. The lowest BCUT2D eigenvalue weighted by Gasteiger charge is -2.11. The van der Waals surface area contributed by atoms with Gasteiger partial charge in [-0.1, -0.05) is 25.5 Å². The van der Waals surface area contributed by atoms with E-state index in [-0.39, 0.29) is 0 Å². The molecule has 2 heterocycles. The van der Waals surface area contributed by atoms with Crippen molar-refractivity contribution in [3.05, 3.63) is 30.0 Å². The summed E-state index contributed by atoms with van der Waals surface area (Å²) in [5, 5.41) is 4.56. The molecule has 0 unspecified atom stereocenters. The van der Waals surface area contributed by atoms with Crippen LogP contribution in [0.4, 0.5) is 5.95 Å². The number of aromatic nitrogens is 4. The number of para-hydroxylation sites is 2. The van der Waals surface area contributed by atoms with Gasteiger partial charge in [-0.25, -0.2) is 9.67 Å². The average Bonchev–Trinajstić information content (AvgIpc) is 2.97. The summed E-state index contributed by atoms with van der Waals surface area (Å²) in [5.41, 5.74) is 9.74. The molecule has 1 aromatic carbocycles. The minimum atomic E-state index is 0.444. The smallest absolute Gasteiger partial charge is 0.207 e. The van der Waals surface area contributed by atoms with Crippen molar-refractivity contribution in [2.24, 2.45) is 7.05 Å². The summed E-state index contributed by atoms with van der Waals surface area (Å²) in [6.07, 6.45) is 1.91. The number of methoxy groups -OCH3 is 1. The van der Waals surface area contributed by atoms with Crippen molar-refractivity contribution in [2.75, 3.05) is 12.8 Å². The summed E-state index contributed by atoms with van der Waals surface area (Å²) < 4.78 is 9.15. The van der Waals surface area contributed by atoms with Gasteiger partial charge in [0, 0.05) is 7.05 Å². The second-order valence-electron chi connectivity index (χ2n) is 4.97. The number of imidazole rings is 1. The van der Waals surface area contributed by atoms with E-state index in [1.807, 2.05) is 40.6 Å². The Morgan fingerprint density at radius 1 is 1.29 bits per heavy atom. The molecule has 0 bridgehead atoms. The topological polar surface area (TPSA) is 70.9 Å². The highest BCUT2D eigenvalue weighted by Gasteiger charge is 2.20. The molecule has 0 saturated carbocycles. The highest BCUT2D eigenvalue weighted by Crippen LogP contribution is 2.30. The fourth-order valence-corrected chi connectivity index (χ4v) is 2.65. The minimum Gasteiger partial charge on any atom is -0.495 e. The largest absolute Gasteiger partial charge is 0.495 e. The summed E-state index contributed by atoms with van der Waals surface area (Å²) in [5.74, 6) is 1.20. The predicted octanol–water partition coefficient (Wildman–Crippen LogP) is 2.30. The van der Waals surface area contributed by atoms with Crippen LogP contribution < -0.4 is 10.5 Å². The molecule has 6 nitrogen and oxygen atoms in total. The fraction of sp³-hybridized carbons (Fsp3) is 0.333. The molecule has 0 fully saturated rings. The van der Waals surface area contributed by atoms with Crippen LogP contribution in [0.15, 0.2) is 24.3 Å². The van der Waals surface area contributed by atoms with Crippen molar-refractivity contribution in [3.8, 4) is 11.4 Å². The Kier molecular flexibility index (Phi) is 3.29. The second-order valence-corrected chi connectivity index (χ2v) is 4.97. The Labute approximate surface area is 123 Å². The number of ether oxygens (including phenoxy) is 1. The molecule has 0 radical (unpaired) electrons. The maximum Gasteiger partial charge on any atom is 0.207 e. The first-order valence-electron chi connectivity index (χ1n) is 7.00. The van der Waals surface area contributed by atoms with Crippen LogP contribution in [0.2, 0.25) is 0 Å². The van der Waals surface area contributed by atoms with Gasteiger partial charge >= 0.3 is 0 Å². The lowest BCUT2D eigenvalue weighted by Crippen LogP contribution is -2.06. The van der Waals surface area contributed by atoms with E-state index in [4.69, 9.17) is 10.5 Å². The van der Waals surface area contributed by atoms with Crippen LogP contribution >= 0.6 is 0 Å². The Balaban J connectivity index is 2.30. The van der Waals surface area contributed by atoms with Gasteiger partial charge in [0.1, 0.15) is 11.3 Å². The number of anilines is 1. The summed E-state index contributed by atoms with van der Waals surface area (Å²) in [4.78, 5) is 4.51. The molecule has 21 heavy (non-hydrogen) atoms. The minimum absolute atomic E-state index is 0.444. The standard InChI is InChI=1S/C15H19N5O/c1-4-7-10-13-14(19(2)18-10)20(15(16)17-13)11-8-5-6-9-12(11)21-3/h5-6,8-9H,4,7H2,1-3H3,(H2,16,17). The Morgan fingerprint density at radius 3 is 2.76 bits per heavy atom. The van der Waals surface area contributed by atoms with Crippen molar-refractivity contribution >= 4 is 17.1 Å². The highest BCUT2D eigenvalue weighted by molar-refractivity contribution is 5.81. The SMILES string of the molecule is CCCc1nn(C)c2c1nc(N)n2-c1ccccc1OC. The summed E-state index contributed by atoms with van der Waals surface area (Å²) >= 11 is 0. The van der Waals surface area contributed by atoms with E-state index in [1.165, 1.54) is 0 Å². The van der Waals surface area contributed by atoms with E-state index in [9.17, 15) is 0 Å². The van der Waals surface area contributed by atoms with Crippen LogP contribution in [-0.2, 0) is 13.5 Å². The zero-order chi connectivity index (χ0) is 15.0. The van der Waals surface area contributed by atoms with Gasteiger partial charge in [-0.3, -0.25) is 4.57 Å². The number of rotatable bonds is 4. The molecule has 3 aromatic rings. The quantitative estimate of drug-likeness (QED) is 0.798. The molecule has 0 aliphatic carbocycles. The number of fused-ring (bicyclic) bond motifs is 1. The van der Waals surface area contributed by atoms with Gasteiger partial charge in [0.15, 0.2) is 5.65 Å². The number of benzene rings is 1.